The third-order valence-electron chi connectivity index (χ3n) is 4.41. The number of ether oxygens (including phenoxy) is 2. The first kappa shape index (κ1) is 14.0. The van der Waals surface area contributed by atoms with E-state index in [-0.39, 0.29) is 17.6 Å². The lowest BCUT2D eigenvalue weighted by Gasteiger charge is -2.26. The third kappa shape index (κ3) is 2.47. The molecule has 6 heteroatoms. The molecule has 1 saturated carbocycles. The molecular weight excluding hydrogens is 258 g/mol. The summed E-state index contributed by atoms with van der Waals surface area (Å²) in [6.07, 6.45) is 5.06. The highest BCUT2D eigenvalue weighted by Gasteiger charge is 2.42. The number of nitrogens with zero attached hydrogens (tertiary/aromatic N) is 2. The molecule has 0 spiro atoms. The van der Waals surface area contributed by atoms with Crippen LogP contribution in [0.1, 0.15) is 56.7 Å². The van der Waals surface area contributed by atoms with E-state index in [1.807, 2.05) is 6.92 Å². The Morgan fingerprint density at radius 1 is 1.40 bits per heavy atom. The molecule has 1 aliphatic heterocycles. The molecule has 2 fully saturated rings. The molecule has 6 nitrogen and oxygen atoms in total. The molecule has 20 heavy (non-hydrogen) atoms. The molecule has 0 bridgehead atoms. The zero-order chi connectivity index (χ0) is 14.0. The number of rotatable bonds is 4. The summed E-state index contributed by atoms with van der Waals surface area (Å²) in [5.74, 6) is 1.29. The maximum atomic E-state index is 6.13. The van der Waals surface area contributed by atoms with Crippen molar-refractivity contribution in [3.8, 4) is 0 Å². The van der Waals surface area contributed by atoms with Crippen LogP contribution in [-0.2, 0) is 15.1 Å². The smallest absolute Gasteiger partial charge is 0.233 e. The summed E-state index contributed by atoms with van der Waals surface area (Å²) in [7, 11) is 0. The van der Waals surface area contributed by atoms with Crippen molar-refractivity contribution in [2.45, 2.75) is 56.6 Å². The van der Waals surface area contributed by atoms with Crippen LogP contribution < -0.4 is 5.73 Å². The van der Waals surface area contributed by atoms with E-state index in [1.54, 1.807) is 0 Å². The molecule has 1 saturated heterocycles. The Morgan fingerprint density at radius 2 is 2.20 bits per heavy atom. The van der Waals surface area contributed by atoms with Gasteiger partial charge in [0.1, 0.15) is 5.60 Å². The fourth-order valence-corrected chi connectivity index (χ4v) is 3.23. The van der Waals surface area contributed by atoms with E-state index in [2.05, 4.69) is 10.1 Å². The van der Waals surface area contributed by atoms with Gasteiger partial charge in [0, 0.05) is 19.3 Å². The van der Waals surface area contributed by atoms with E-state index in [1.165, 1.54) is 0 Å². The van der Waals surface area contributed by atoms with Gasteiger partial charge < -0.3 is 19.7 Å². The Hall–Kier alpha value is -0.980. The number of hydrogen-bond donors (Lipinski definition) is 1. The fourth-order valence-electron chi connectivity index (χ4n) is 3.23. The lowest BCUT2D eigenvalue weighted by molar-refractivity contribution is -0.0469. The predicted octanol–water partition coefficient (Wildman–Crippen LogP) is 1.71. The van der Waals surface area contributed by atoms with Gasteiger partial charge in [0.2, 0.25) is 11.7 Å². The Morgan fingerprint density at radius 3 is 2.90 bits per heavy atom. The summed E-state index contributed by atoms with van der Waals surface area (Å²) in [5.41, 5.74) is 5.78. The van der Waals surface area contributed by atoms with Crippen molar-refractivity contribution in [3.63, 3.8) is 0 Å². The van der Waals surface area contributed by atoms with Gasteiger partial charge in [0.05, 0.1) is 12.5 Å². The summed E-state index contributed by atoms with van der Waals surface area (Å²) >= 11 is 0. The SMILES string of the molecule is CCOC1(c2noc(C3COCCC3N)n2)CCCC1. The topological polar surface area (TPSA) is 83.4 Å². The van der Waals surface area contributed by atoms with Crippen molar-refractivity contribution in [2.24, 2.45) is 5.73 Å². The van der Waals surface area contributed by atoms with Gasteiger partial charge in [0.25, 0.3) is 0 Å². The normalized spacial score (nSPS) is 29.7. The van der Waals surface area contributed by atoms with Crippen LogP contribution >= 0.6 is 0 Å². The molecule has 1 aromatic heterocycles. The standard InChI is InChI=1S/C14H23N3O3/c1-2-19-14(6-3-4-7-14)13-16-12(20-17-13)10-9-18-8-5-11(10)15/h10-11H,2-9,15H2,1H3. The maximum absolute atomic E-state index is 6.13. The van der Waals surface area contributed by atoms with Crippen LogP contribution in [0.5, 0.6) is 0 Å². The molecule has 112 valence electrons. The van der Waals surface area contributed by atoms with Gasteiger partial charge in [-0.2, -0.15) is 4.98 Å². The van der Waals surface area contributed by atoms with Crippen LogP contribution in [0.3, 0.4) is 0 Å². The number of aromatic nitrogens is 2. The van der Waals surface area contributed by atoms with Crippen molar-refractivity contribution >= 4 is 0 Å². The molecule has 2 aliphatic rings. The van der Waals surface area contributed by atoms with E-state index in [0.29, 0.717) is 31.5 Å². The molecule has 1 aliphatic carbocycles. The van der Waals surface area contributed by atoms with E-state index in [0.717, 1.165) is 32.1 Å². The quantitative estimate of drug-likeness (QED) is 0.904. The van der Waals surface area contributed by atoms with Gasteiger partial charge in [0.15, 0.2) is 0 Å². The average molecular weight is 281 g/mol. The zero-order valence-corrected chi connectivity index (χ0v) is 12.0. The summed E-state index contributed by atoms with van der Waals surface area (Å²) in [6, 6.07) is 0.0312. The summed E-state index contributed by atoms with van der Waals surface area (Å²) in [4.78, 5) is 4.59. The van der Waals surface area contributed by atoms with E-state index in [4.69, 9.17) is 19.7 Å². The highest BCUT2D eigenvalue weighted by molar-refractivity contribution is 5.08. The van der Waals surface area contributed by atoms with Crippen LogP contribution in [0.4, 0.5) is 0 Å². The first-order chi connectivity index (χ1) is 9.75. The largest absolute Gasteiger partial charge is 0.381 e. The summed E-state index contributed by atoms with van der Waals surface area (Å²) in [6.45, 7) is 3.94. The van der Waals surface area contributed by atoms with Gasteiger partial charge >= 0.3 is 0 Å². The summed E-state index contributed by atoms with van der Waals surface area (Å²) < 4.78 is 16.9. The molecule has 2 N–H and O–H groups in total. The molecule has 2 atom stereocenters. The molecule has 0 aromatic carbocycles. The predicted molar refractivity (Wildman–Crippen MR) is 72.2 cm³/mol. The lowest BCUT2D eigenvalue weighted by Crippen LogP contribution is -2.37. The summed E-state index contributed by atoms with van der Waals surface area (Å²) in [5, 5.41) is 4.18. The minimum absolute atomic E-state index is 0.00470. The van der Waals surface area contributed by atoms with Crippen LogP contribution in [-0.4, -0.2) is 36.0 Å². The highest BCUT2D eigenvalue weighted by atomic mass is 16.5. The average Bonchev–Trinajstić information content (AvgIpc) is 3.09. The zero-order valence-electron chi connectivity index (χ0n) is 12.0. The monoisotopic (exact) mass is 281 g/mol. The van der Waals surface area contributed by atoms with E-state index >= 15 is 0 Å². The van der Waals surface area contributed by atoms with Gasteiger partial charge in [-0.25, -0.2) is 0 Å². The van der Waals surface area contributed by atoms with Crippen LogP contribution in [0.15, 0.2) is 4.52 Å². The van der Waals surface area contributed by atoms with Crippen molar-refractivity contribution in [2.75, 3.05) is 19.8 Å². The van der Waals surface area contributed by atoms with Crippen LogP contribution in [0, 0.1) is 0 Å². The second-order valence-corrected chi connectivity index (χ2v) is 5.72. The Balaban J connectivity index is 1.81. The van der Waals surface area contributed by atoms with Crippen LogP contribution in [0.2, 0.25) is 0 Å². The Kier molecular flexibility index (Phi) is 4.05. The fraction of sp³-hybridized carbons (Fsp3) is 0.857. The lowest BCUT2D eigenvalue weighted by atomic mass is 9.96. The molecule has 0 amide bonds. The van der Waals surface area contributed by atoms with E-state index < -0.39 is 0 Å². The second kappa shape index (κ2) is 5.79. The maximum Gasteiger partial charge on any atom is 0.233 e. The molecule has 2 unspecified atom stereocenters. The minimum atomic E-state index is -0.351. The van der Waals surface area contributed by atoms with Gasteiger partial charge in [-0.05, 0) is 39.0 Å². The van der Waals surface area contributed by atoms with Crippen molar-refractivity contribution in [1.29, 1.82) is 0 Å². The van der Waals surface area contributed by atoms with Crippen molar-refractivity contribution < 1.29 is 14.0 Å². The first-order valence-corrected chi connectivity index (χ1v) is 7.56. The minimum Gasteiger partial charge on any atom is -0.381 e. The number of hydrogen-bond acceptors (Lipinski definition) is 6. The van der Waals surface area contributed by atoms with Crippen molar-refractivity contribution in [3.05, 3.63) is 11.7 Å². The van der Waals surface area contributed by atoms with Gasteiger partial charge in [-0.1, -0.05) is 5.16 Å². The molecule has 0 radical (unpaired) electrons. The van der Waals surface area contributed by atoms with Crippen LogP contribution in [0.25, 0.3) is 0 Å². The van der Waals surface area contributed by atoms with Gasteiger partial charge in [-0.3, -0.25) is 0 Å². The Bertz CT molecular complexity index is 443. The van der Waals surface area contributed by atoms with Gasteiger partial charge in [-0.15, -0.1) is 0 Å². The molecule has 1 aromatic rings. The second-order valence-electron chi connectivity index (χ2n) is 5.72. The molecular formula is C14H23N3O3. The number of nitrogens with two attached hydrogens (primary N) is 1. The molecule has 2 heterocycles. The molecule has 3 rings (SSSR count). The first-order valence-electron chi connectivity index (χ1n) is 7.56. The highest BCUT2D eigenvalue weighted by Crippen LogP contribution is 2.41. The third-order valence-corrected chi connectivity index (χ3v) is 4.41. The Labute approximate surface area is 119 Å². The van der Waals surface area contributed by atoms with E-state index in [9.17, 15) is 0 Å². The van der Waals surface area contributed by atoms with Crippen molar-refractivity contribution in [1.82, 2.24) is 10.1 Å².